The number of phenolic OH excluding ortho intramolecular Hbond substituents is 2. The molecule has 0 heterocycles. The van der Waals surface area contributed by atoms with E-state index in [1.54, 1.807) is 48.5 Å². The molecule has 0 aliphatic carbocycles. The Balaban J connectivity index is 0.00000242. The number of rotatable bonds is 4. The third-order valence-electron chi connectivity index (χ3n) is 3.73. The molecular weight excluding hydrogens is 452 g/mol. The third-order valence-corrected chi connectivity index (χ3v) is 3.73. The molecule has 2 N–H and O–H groups in total. The van der Waals surface area contributed by atoms with Crippen LogP contribution in [0, 0.1) is 0 Å². The number of carbonyl (C=O) groups excluding carboxylic acids is 1. The average molecular weight is 470 g/mol. The van der Waals surface area contributed by atoms with Crippen molar-refractivity contribution in [2.45, 2.75) is 18.8 Å². The maximum absolute atomic E-state index is 11.8. The van der Waals surface area contributed by atoms with Gasteiger partial charge in [-0.05, 0) is 35.4 Å². The second-order valence-corrected chi connectivity index (χ2v) is 5.18. The number of phenols is 2. The third kappa shape index (κ3) is 3.89. The van der Waals surface area contributed by atoms with E-state index in [4.69, 9.17) is 4.74 Å². The van der Waals surface area contributed by atoms with Crippen molar-refractivity contribution in [2.24, 2.45) is 0 Å². The Morgan fingerprint density at radius 1 is 0.955 bits per heavy atom. The molecule has 0 saturated heterocycles. The van der Waals surface area contributed by atoms with Crippen LogP contribution in [0.25, 0.3) is 0 Å². The number of ether oxygens (including phenoxy) is 1. The molecule has 0 radical (unpaired) electrons. The van der Waals surface area contributed by atoms with Gasteiger partial charge in [-0.15, -0.1) is 0 Å². The van der Waals surface area contributed by atoms with Crippen LogP contribution in [0.4, 0.5) is 0 Å². The van der Waals surface area contributed by atoms with Crippen molar-refractivity contribution in [3.63, 3.8) is 0 Å². The Bertz CT molecular complexity index is 575. The number of hydrogen-bond acceptors (Lipinski definition) is 4. The molecule has 0 aliphatic heterocycles. The molecule has 0 fully saturated rings. The molecule has 22 heavy (non-hydrogen) atoms. The minimum atomic E-state index is -0.603. The van der Waals surface area contributed by atoms with Crippen molar-refractivity contribution < 1.29 is 40.8 Å². The Hall–Kier alpha value is -1.80. The molecule has 2 aromatic carbocycles. The zero-order chi connectivity index (χ0) is 15.5. The first-order chi connectivity index (χ1) is 9.95. The second kappa shape index (κ2) is 7.46. The van der Waals surface area contributed by atoms with Crippen LogP contribution in [0.3, 0.4) is 0 Å². The Morgan fingerprint density at radius 3 is 1.64 bits per heavy atom. The summed E-state index contributed by atoms with van der Waals surface area (Å²) < 4.78 is 4.80. The minimum absolute atomic E-state index is 0. The van der Waals surface area contributed by atoms with Crippen LogP contribution in [0.5, 0.6) is 11.5 Å². The summed E-state index contributed by atoms with van der Waals surface area (Å²) in [6.07, 6.45) is 0.166. The summed E-state index contributed by atoms with van der Waals surface area (Å²) in [7, 11) is 1.36. The van der Waals surface area contributed by atoms with E-state index >= 15 is 0 Å². The van der Waals surface area contributed by atoms with E-state index in [9.17, 15) is 15.0 Å². The molecule has 4 nitrogen and oxygen atoms in total. The van der Waals surface area contributed by atoms with Gasteiger partial charge in [0.15, 0.2) is 0 Å². The molecule has 0 spiro atoms. The van der Waals surface area contributed by atoms with Gasteiger partial charge in [-0.2, -0.15) is 0 Å². The quantitative estimate of drug-likeness (QED) is 0.675. The van der Waals surface area contributed by atoms with Gasteiger partial charge < -0.3 is 14.9 Å². The Kier molecular flexibility index (Phi) is 6.19. The molecule has 0 aliphatic rings. The van der Waals surface area contributed by atoms with Crippen LogP contribution in [-0.4, -0.2) is 23.3 Å². The van der Waals surface area contributed by atoms with E-state index < -0.39 is 5.41 Å². The number of carbonyl (C=O) groups is 1. The predicted octanol–water partition coefficient (Wildman–Crippen LogP) is 2.96. The first-order valence-electron chi connectivity index (χ1n) is 6.61. The monoisotopic (exact) mass is 470 g/mol. The number of benzene rings is 2. The standard InChI is InChI=1S/C17H18O4.W/c1-17(11-16(20)21-2,12-3-7-14(18)8-4-12)13-5-9-15(19)10-6-13;/h3-10,18-19H,11H2,1-2H3;. The molecule has 5 heteroatoms. The van der Waals surface area contributed by atoms with Gasteiger partial charge in [-0.3, -0.25) is 4.79 Å². The maximum atomic E-state index is 11.8. The van der Waals surface area contributed by atoms with E-state index in [1.807, 2.05) is 6.92 Å². The summed E-state index contributed by atoms with van der Waals surface area (Å²) in [5, 5.41) is 18.9. The van der Waals surface area contributed by atoms with Crippen molar-refractivity contribution in [3.05, 3.63) is 59.7 Å². The van der Waals surface area contributed by atoms with Crippen molar-refractivity contribution >= 4 is 5.97 Å². The van der Waals surface area contributed by atoms with Gasteiger partial charge in [-0.1, -0.05) is 31.2 Å². The first-order valence-corrected chi connectivity index (χ1v) is 6.61. The van der Waals surface area contributed by atoms with E-state index in [-0.39, 0.29) is 45.0 Å². The number of aromatic hydroxyl groups is 2. The van der Waals surface area contributed by atoms with E-state index in [0.29, 0.717) is 0 Å². The van der Waals surface area contributed by atoms with Crippen molar-refractivity contribution in [2.75, 3.05) is 7.11 Å². The van der Waals surface area contributed by atoms with Crippen LogP contribution >= 0.6 is 0 Å². The smallest absolute Gasteiger partial charge is 0.306 e. The Morgan fingerprint density at radius 2 is 1.32 bits per heavy atom. The first kappa shape index (κ1) is 18.2. The molecule has 0 amide bonds. The van der Waals surface area contributed by atoms with Gasteiger partial charge in [0.25, 0.3) is 0 Å². The van der Waals surface area contributed by atoms with E-state index in [0.717, 1.165) is 11.1 Å². The number of hydrogen-bond donors (Lipinski definition) is 2. The van der Waals surface area contributed by atoms with Gasteiger partial charge in [-0.25, -0.2) is 0 Å². The van der Waals surface area contributed by atoms with Crippen LogP contribution in [0.2, 0.25) is 0 Å². The summed E-state index contributed by atoms with van der Waals surface area (Å²) in [5.74, 6) is 0.0217. The molecule has 0 saturated carbocycles. The molecule has 116 valence electrons. The number of methoxy groups -OCH3 is 1. The summed E-state index contributed by atoms with van der Waals surface area (Å²) in [5.41, 5.74) is 1.17. The molecule has 2 rings (SSSR count). The Labute approximate surface area is 144 Å². The molecule has 2 aromatic rings. The molecule has 0 unspecified atom stereocenters. The normalized spacial score (nSPS) is 10.6. The molecular formula is C17H18O4W. The van der Waals surface area contributed by atoms with E-state index in [2.05, 4.69) is 0 Å². The van der Waals surface area contributed by atoms with Crippen molar-refractivity contribution in [1.82, 2.24) is 0 Å². The van der Waals surface area contributed by atoms with E-state index in [1.165, 1.54) is 7.11 Å². The SMILES string of the molecule is COC(=O)CC(C)(c1ccc(O)cc1)c1ccc(O)cc1.[W]. The maximum Gasteiger partial charge on any atom is 0.306 e. The summed E-state index contributed by atoms with van der Waals surface area (Å²) in [4.78, 5) is 11.8. The van der Waals surface area contributed by atoms with Crippen LogP contribution in [0.15, 0.2) is 48.5 Å². The fraction of sp³-hybridized carbons (Fsp3) is 0.235. The van der Waals surface area contributed by atoms with Crippen LogP contribution in [-0.2, 0) is 36.0 Å². The van der Waals surface area contributed by atoms with Gasteiger partial charge in [0.1, 0.15) is 11.5 Å². The average Bonchev–Trinajstić information content (AvgIpc) is 2.48. The van der Waals surface area contributed by atoms with Crippen molar-refractivity contribution in [3.8, 4) is 11.5 Å². The van der Waals surface area contributed by atoms with Crippen molar-refractivity contribution in [1.29, 1.82) is 0 Å². The van der Waals surface area contributed by atoms with Gasteiger partial charge in [0.2, 0.25) is 0 Å². The topological polar surface area (TPSA) is 66.8 Å². The molecule has 0 atom stereocenters. The second-order valence-electron chi connectivity index (χ2n) is 5.18. The largest absolute Gasteiger partial charge is 0.508 e. The number of esters is 1. The minimum Gasteiger partial charge on any atom is -0.508 e. The summed E-state index contributed by atoms with van der Waals surface area (Å²) >= 11 is 0. The van der Waals surface area contributed by atoms with Gasteiger partial charge in [0.05, 0.1) is 13.5 Å². The zero-order valence-electron chi connectivity index (χ0n) is 12.4. The summed E-state index contributed by atoms with van der Waals surface area (Å²) in [6, 6.07) is 13.5. The fourth-order valence-corrected chi connectivity index (χ4v) is 2.39. The molecule has 0 bridgehead atoms. The summed E-state index contributed by atoms with van der Waals surface area (Å²) in [6.45, 7) is 1.93. The fourth-order valence-electron chi connectivity index (χ4n) is 2.39. The zero-order valence-corrected chi connectivity index (χ0v) is 15.4. The van der Waals surface area contributed by atoms with Crippen LogP contribution in [0.1, 0.15) is 24.5 Å². The molecule has 0 aromatic heterocycles. The van der Waals surface area contributed by atoms with Crippen LogP contribution < -0.4 is 0 Å². The predicted molar refractivity (Wildman–Crippen MR) is 79.3 cm³/mol. The van der Waals surface area contributed by atoms with Gasteiger partial charge in [0, 0.05) is 26.5 Å². The van der Waals surface area contributed by atoms with Gasteiger partial charge >= 0.3 is 5.97 Å².